The van der Waals surface area contributed by atoms with Gasteiger partial charge in [0.05, 0.1) is 20.8 Å². The van der Waals surface area contributed by atoms with E-state index in [0.29, 0.717) is 8.95 Å². The van der Waals surface area contributed by atoms with E-state index in [0.717, 1.165) is 0 Å². The largest absolute Gasteiger partial charge is 0.278 e. The lowest BCUT2D eigenvalue weighted by molar-refractivity contribution is 0.601. The molecular formula is C12H6Br2Cl3NO2S. The molecule has 0 saturated carbocycles. The van der Waals surface area contributed by atoms with Crippen LogP contribution in [-0.2, 0) is 10.0 Å². The van der Waals surface area contributed by atoms with E-state index in [1.54, 1.807) is 18.2 Å². The molecule has 112 valence electrons. The molecule has 0 heterocycles. The van der Waals surface area contributed by atoms with E-state index in [1.165, 1.54) is 12.1 Å². The van der Waals surface area contributed by atoms with Gasteiger partial charge in [-0.1, -0.05) is 66.7 Å². The van der Waals surface area contributed by atoms with Gasteiger partial charge < -0.3 is 0 Å². The van der Waals surface area contributed by atoms with Crippen molar-refractivity contribution in [1.82, 2.24) is 0 Å². The first-order chi connectivity index (χ1) is 9.70. The molecule has 2 aromatic carbocycles. The third kappa shape index (κ3) is 4.06. The molecule has 2 rings (SSSR count). The van der Waals surface area contributed by atoms with Gasteiger partial charge in [-0.2, -0.15) is 0 Å². The van der Waals surface area contributed by atoms with Gasteiger partial charge >= 0.3 is 0 Å². The van der Waals surface area contributed by atoms with Crippen LogP contribution in [0.15, 0.2) is 44.2 Å². The lowest BCUT2D eigenvalue weighted by Gasteiger charge is -2.12. The molecule has 0 aromatic heterocycles. The minimum absolute atomic E-state index is 0.00740. The van der Waals surface area contributed by atoms with E-state index < -0.39 is 10.0 Å². The number of rotatable bonds is 3. The summed E-state index contributed by atoms with van der Waals surface area (Å²) in [6.45, 7) is 0. The predicted molar refractivity (Wildman–Crippen MR) is 94.1 cm³/mol. The van der Waals surface area contributed by atoms with Crippen molar-refractivity contribution in [2.24, 2.45) is 0 Å². The molecule has 0 fully saturated rings. The molecule has 0 spiro atoms. The summed E-state index contributed by atoms with van der Waals surface area (Å²) in [5.74, 6) is 0. The zero-order valence-electron chi connectivity index (χ0n) is 10.0. The maximum atomic E-state index is 12.4. The fourth-order valence-electron chi connectivity index (χ4n) is 1.56. The summed E-state index contributed by atoms with van der Waals surface area (Å²) in [5, 5.41) is 0.270. The van der Waals surface area contributed by atoms with Gasteiger partial charge in [0, 0.05) is 8.95 Å². The molecule has 2 aromatic rings. The normalized spacial score (nSPS) is 11.5. The van der Waals surface area contributed by atoms with Crippen LogP contribution in [0.5, 0.6) is 0 Å². The predicted octanol–water partition coefficient (Wildman–Crippen LogP) is 5.97. The number of halogens is 5. The first-order valence-corrected chi connectivity index (χ1v) is 9.53. The molecule has 21 heavy (non-hydrogen) atoms. The molecule has 0 aliphatic rings. The molecule has 0 bridgehead atoms. The Morgan fingerprint density at radius 1 is 0.857 bits per heavy atom. The van der Waals surface area contributed by atoms with Crippen molar-refractivity contribution in [3.05, 3.63) is 54.3 Å². The van der Waals surface area contributed by atoms with Crippen LogP contribution in [0.1, 0.15) is 0 Å². The van der Waals surface area contributed by atoms with Gasteiger partial charge in [0.2, 0.25) is 0 Å². The quantitative estimate of drug-likeness (QED) is 0.572. The minimum Gasteiger partial charge on any atom is -0.278 e. The molecule has 3 nitrogen and oxygen atoms in total. The van der Waals surface area contributed by atoms with Crippen molar-refractivity contribution in [1.29, 1.82) is 0 Å². The molecule has 0 aliphatic heterocycles. The van der Waals surface area contributed by atoms with Crippen molar-refractivity contribution >= 4 is 82.4 Å². The van der Waals surface area contributed by atoms with E-state index >= 15 is 0 Å². The van der Waals surface area contributed by atoms with Crippen molar-refractivity contribution < 1.29 is 8.42 Å². The lowest BCUT2D eigenvalue weighted by Crippen LogP contribution is -2.14. The zero-order valence-corrected chi connectivity index (χ0v) is 16.3. The van der Waals surface area contributed by atoms with Crippen LogP contribution < -0.4 is 4.72 Å². The maximum Gasteiger partial charge on any atom is 0.264 e. The van der Waals surface area contributed by atoms with Crippen molar-refractivity contribution in [2.45, 2.75) is 4.90 Å². The van der Waals surface area contributed by atoms with Crippen LogP contribution in [0.4, 0.5) is 5.69 Å². The Balaban J connectivity index is 2.51. The van der Waals surface area contributed by atoms with Crippen LogP contribution in [-0.4, -0.2) is 8.42 Å². The Kier molecular flexibility index (Phi) is 5.50. The van der Waals surface area contributed by atoms with Gasteiger partial charge in [0.15, 0.2) is 0 Å². The monoisotopic (exact) mass is 491 g/mol. The third-order valence-electron chi connectivity index (χ3n) is 2.40. The maximum absolute atomic E-state index is 12.4. The molecule has 1 N–H and O–H groups in total. The number of hydrogen-bond donors (Lipinski definition) is 1. The fraction of sp³-hybridized carbons (Fsp3) is 0. The number of anilines is 1. The Morgan fingerprint density at radius 2 is 1.43 bits per heavy atom. The zero-order chi connectivity index (χ0) is 15.8. The molecule has 0 saturated heterocycles. The fourth-order valence-corrected chi connectivity index (χ4v) is 5.15. The molecule has 0 aliphatic carbocycles. The summed E-state index contributed by atoms with van der Waals surface area (Å²) in [5.41, 5.74) is 0.223. The summed E-state index contributed by atoms with van der Waals surface area (Å²) >= 11 is 24.4. The van der Waals surface area contributed by atoms with E-state index in [-0.39, 0.29) is 25.7 Å². The average molecular weight is 494 g/mol. The van der Waals surface area contributed by atoms with Gasteiger partial charge in [-0.05, 0) is 30.3 Å². The molecule has 0 atom stereocenters. The molecular weight excluding hydrogens is 488 g/mol. The van der Waals surface area contributed by atoms with Crippen molar-refractivity contribution in [2.75, 3.05) is 4.72 Å². The van der Waals surface area contributed by atoms with E-state index in [4.69, 9.17) is 34.8 Å². The highest BCUT2D eigenvalue weighted by molar-refractivity contribution is 9.10. The Morgan fingerprint density at radius 3 is 2.00 bits per heavy atom. The smallest absolute Gasteiger partial charge is 0.264 e. The van der Waals surface area contributed by atoms with Crippen LogP contribution in [0.2, 0.25) is 15.1 Å². The van der Waals surface area contributed by atoms with Crippen LogP contribution in [0.3, 0.4) is 0 Å². The number of sulfonamides is 1. The van der Waals surface area contributed by atoms with Crippen LogP contribution in [0, 0.1) is 0 Å². The van der Waals surface area contributed by atoms with Gasteiger partial charge in [-0.25, -0.2) is 8.42 Å². The Bertz CT molecular complexity index is 789. The standard InChI is InChI=1S/C12H6Br2Cl3NO2S/c13-6-1-2-8(15)11(5-6)18-21(19,20)12-9(16)3-7(14)4-10(12)17/h1-5,18H. The first kappa shape index (κ1) is 17.4. The van der Waals surface area contributed by atoms with E-state index in [1.807, 2.05) is 0 Å². The van der Waals surface area contributed by atoms with Gasteiger partial charge in [-0.15, -0.1) is 0 Å². The highest BCUT2D eigenvalue weighted by Gasteiger charge is 2.23. The van der Waals surface area contributed by atoms with Crippen molar-refractivity contribution in [3.8, 4) is 0 Å². The number of nitrogens with one attached hydrogen (secondary N) is 1. The summed E-state index contributed by atoms with van der Waals surface area (Å²) in [6.07, 6.45) is 0. The Hall–Kier alpha value is 0.0200. The molecule has 0 radical (unpaired) electrons. The molecule has 0 unspecified atom stereocenters. The van der Waals surface area contributed by atoms with Crippen LogP contribution >= 0.6 is 66.7 Å². The average Bonchev–Trinajstić information content (AvgIpc) is 2.31. The number of hydrogen-bond acceptors (Lipinski definition) is 2. The van der Waals surface area contributed by atoms with Crippen molar-refractivity contribution in [3.63, 3.8) is 0 Å². The summed E-state index contributed by atoms with van der Waals surface area (Å²) < 4.78 is 28.5. The van der Waals surface area contributed by atoms with Gasteiger partial charge in [0.1, 0.15) is 4.90 Å². The lowest BCUT2D eigenvalue weighted by atomic mass is 10.3. The summed E-state index contributed by atoms with van der Waals surface area (Å²) in [6, 6.07) is 7.70. The van der Waals surface area contributed by atoms with Crippen LogP contribution in [0.25, 0.3) is 0 Å². The Labute approximate surface area is 153 Å². The van der Waals surface area contributed by atoms with Gasteiger partial charge in [0.25, 0.3) is 10.0 Å². The summed E-state index contributed by atoms with van der Waals surface area (Å²) in [7, 11) is -3.97. The summed E-state index contributed by atoms with van der Waals surface area (Å²) in [4.78, 5) is -0.204. The third-order valence-corrected chi connectivity index (χ3v) is 5.97. The first-order valence-electron chi connectivity index (χ1n) is 5.33. The number of benzene rings is 2. The highest BCUT2D eigenvalue weighted by atomic mass is 79.9. The van der Waals surface area contributed by atoms with Gasteiger partial charge in [-0.3, -0.25) is 4.72 Å². The van der Waals surface area contributed by atoms with E-state index in [2.05, 4.69) is 36.6 Å². The second kappa shape index (κ2) is 6.64. The topological polar surface area (TPSA) is 46.2 Å². The minimum atomic E-state index is -3.97. The molecule has 0 amide bonds. The second-order valence-corrected chi connectivity index (χ2v) is 8.60. The van der Waals surface area contributed by atoms with E-state index in [9.17, 15) is 8.42 Å². The SMILES string of the molecule is O=S(=O)(Nc1cc(Br)ccc1Cl)c1c(Cl)cc(Br)cc1Cl. The highest BCUT2D eigenvalue weighted by Crippen LogP contribution is 2.35. The molecule has 9 heteroatoms. The second-order valence-electron chi connectivity index (χ2n) is 3.93.